The number of hydrogen-bond donors (Lipinski definition) is 1. The maximum absolute atomic E-state index is 13.0. The molecule has 3 heterocycles. The molecule has 0 radical (unpaired) electrons. The van der Waals surface area contributed by atoms with Gasteiger partial charge in [-0.1, -0.05) is 102 Å². The summed E-state index contributed by atoms with van der Waals surface area (Å²) in [4.78, 5) is 19.0. The number of pyridine rings is 1. The van der Waals surface area contributed by atoms with Gasteiger partial charge in [-0.2, -0.15) is 5.10 Å². The minimum absolute atomic E-state index is 0.0681. The summed E-state index contributed by atoms with van der Waals surface area (Å²) < 4.78 is 14.3. The second-order valence-electron chi connectivity index (χ2n) is 13.1. The summed E-state index contributed by atoms with van der Waals surface area (Å²) in [7, 11) is 4.02. The van der Waals surface area contributed by atoms with Gasteiger partial charge in [-0.3, -0.25) is 9.78 Å². The summed E-state index contributed by atoms with van der Waals surface area (Å²) in [5.41, 5.74) is 9.35. The molecule has 0 aliphatic rings. The third-order valence-corrected chi connectivity index (χ3v) is 9.85. The van der Waals surface area contributed by atoms with Gasteiger partial charge in [0.05, 0.1) is 28.4 Å². The highest BCUT2D eigenvalue weighted by atomic mass is 35.5. The molecule has 9 nitrogen and oxygen atoms in total. The molecule has 7 aromatic rings. The molecule has 0 aliphatic carbocycles. The van der Waals surface area contributed by atoms with Crippen molar-refractivity contribution in [1.82, 2.24) is 19.7 Å². The smallest absolute Gasteiger partial charge is 0.310 e. The van der Waals surface area contributed by atoms with Crippen LogP contribution in [0.3, 0.4) is 0 Å². The Morgan fingerprint density at radius 3 is 2.09 bits per heavy atom. The Hall–Kier alpha value is -5.90. The molecular weight excluding hydrogens is 731 g/mol. The zero-order chi connectivity index (χ0) is 38.7. The zero-order valence-electron chi connectivity index (χ0n) is 31.2. The summed E-state index contributed by atoms with van der Waals surface area (Å²) in [6.07, 6.45) is 5.43. The number of esters is 1. The van der Waals surface area contributed by atoms with Crippen LogP contribution in [0.25, 0.3) is 10.9 Å². The second kappa shape index (κ2) is 18.4. The molecule has 0 bridgehead atoms. The van der Waals surface area contributed by atoms with Crippen LogP contribution in [-0.2, 0) is 35.7 Å². The van der Waals surface area contributed by atoms with Crippen LogP contribution < -0.4 is 15.0 Å². The predicted octanol–water partition coefficient (Wildman–Crippen LogP) is 10.2. The number of anilines is 3. The van der Waals surface area contributed by atoms with Crippen LogP contribution in [0.4, 0.5) is 17.1 Å². The number of aryl methyl sites for hydroxylation is 1. The minimum Gasteiger partial charge on any atom is -0.470 e. The van der Waals surface area contributed by atoms with Gasteiger partial charge in [0.1, 0.15) is 18.7 Å². The lowest BCUT2D eigenvalue weighted by atomic mass is 10.1. The maximum Gasteiger partial charge on any atom is 0.310 e. The van der Waals surface area contributed by atoms with Crippen molar-refractivity contribution in [2.75, 3.05) is 24.3 Å². The molecule has 55 heavy (non-hydrogen) atoms. The van der Waals surface area contributed by atoms with Gasteiger partial charge in [-0.25, -0.2) is 0 Å². The number of benzene rings is 4. The molecule has 0 spiro atoms. The largest absolute Gasteiger partial charge is 0.470 e. The van der Waals surface area contributed by atoms with E-state index in [0.717, 1.165) is 44.5 Å². The van der Waals surface area contributed by atoms with Crippen LogP contribution in [0, 0.1) is 13.8 Å². The lowest BCUT2D eigenvalue weighted by Gasteiger charge is -2.15. The fraction of sp³-hybridized carbons (Fsp3) is 0.182. The Kier molecular flexibility index (Phi) is 13.0. The Morgan fingerprint density at radius 2 is 1.42 bits per heavy atom. The average molecular weight is 774 g/mol. The number of carbonyl (C=O) groups excluding carboxylic acids is 1. The number of hydrogen-bond acceptors (Lipinski definition) is 8. The monoisotopic (exact) mass is 772 g/mol. The Morgan fingerprint density at radius 1 is 0.782 bits per heavy atom. The van der Waals surface area contributed by atoms with Gasteiger partial charge >= 0.3 is 5.97 Å². The molecule has 3 aromatic heterocycles. The van der Waals surface area contributed by atoms with Crippen molar-refractivity contribution in [3.8, 4) is 5.88 Å². The fourth-order valence-electron chi connectivity index (χ4n) is 6.06. The molecule has 11 heteroatoms. The number of nitrogens with zero attached hydrogens (tertiary/aromatic N) is 5. The van der Waals surface area contributed by atoms with E-state index >= 15 is 0 Å². The van der Waals surface area contributed by atoms with Crippen molar-refractivity contribution in [3.05, 3.63) is 171 Å². The summed E-state index contributed by atoms with van der Waals surface area (Å²) >= 11 is 12.7. The summed E-state index contributed by atoms with van der Waals surface area (Å²) in [5, 5.41) is 13.9. The van der Waals surface area contributed by atoms with Gasteiger partial charge in [-0.15, -0.1) is 5.10 Å². The molecule has 280 valence electrons. The zero-order valence-corrected chi connectivity index (χ0v) is 32.7. The quantitative estimate of drug-likeness (QED) is 0.123. The fourth-order valence-corrected chi connectivity index (χ4v) is 6.56. The Bertz CT molecular complexity index is 2350. The van der Waals surface area contributed by atoms with E-state index in [1.807, 2.05) is 97.9 Å². The van der Waals surface area contributed by atoms with E-state index < -0.39 is 0 Å². The lowest BCUT2D eigenvalue weighted by molar-refractivity contribution is -0.144. The second-order valence-corrected chi connectivity index (χ2v) is 13.9. The van der Waals surface area contributed by atoms with Crippen LogP contribution in [-0.4, -0.2) is 39.8 Å². The summed E-state index contributed by atoms with van der Waals surface area (Å²) in [6, 6.07) is 34.8. The highest BCUT2D eigenvalue weighted by Gasteiger charge is 2.19. The normalized spacial score (nSPS) is 10.7. The molecule has 0 aliphatic heterocycles. The molecule has 4 aromatic carbocycles. The van der Waals surface area contributed by atoms with E-state index in [0.29, 0.717) is 28.2 Å². The molecule has 0 atom stereocenters. The highest BCUT2D eigenvalue weighted by molar-refractivity contribution is 6.39. The van der Waals surface area contributed by atoms with Gasteiger partial charge in [0, 0.05) is 55.5 Å². The molecule has 1 N–H and O–H groups in total. The van der Waals surface area contributed by atoms with Crippen molar-refractivity contribution >= 4 is 57.1 Å². The molecule has 7 rings (SSSR count). The van der Waals surface area contributed by atoms with E-state index in [9.17, 15) is 4.79 Å². The lowest BCUT2D eigenvalue weighted by Crippen LogP contribution is -2.11. The summed E-state index contributed by atoms with van der Waals surface area (Å²) in [5.74, 6) is 0.0923. The SMILES string of the molecule is CN(C)c1ccncc1.Cc1c(C)n(Cc2ccccc2)c2c(OCc3ccccc3COC(=O)Cc3ccccc3Nc3c(Cl)cccc3Cl)nncc12. The number of nitrogens with one attached hydrogen (secondary N) is 1. The summed E-state index contributed by atoms with van der Waals surface area (Å²) in [6.45, 7) is 5.22. The van der Waals surface area contributed by atoms with Crippen LogP contribution in [0.5, 0.6) is 5.88 Å². The first-order valence-electron chi connectivity index (χ1n) is 17.8. The Balaban J connectivity index is 0.000000502. The van der Waals surface area contributed by atoms with Crippen LogP contribution >= 0.6 is 23.2 Å². The molecule has 0 amide bonds. The standard InChI is InChI=1S/C37H32Cl2N4O3.C7H10N2/c1-24-25(2)43(21-26-11-4-3-5-12-26)36-30(24)20-40-42-37(36)46-23-29-15-7-6-14-28(29)22-45-34(44)19-27-13-8-9-18-33(27)41-35-31(38)16-10-17-32(35)39;1-9(2)7-3-5-8-6-4-7/h3-18,20,41H,19,21-23H2,1-2H3;3-6H,1-2H3. The van der Waals surface area contributed by atoms with Crippen molar-refractivity contribution in [3.63, 3.8) is 0 Å². The molecule has 0 unspecified atom stereocenters. The minimum atomic E-state index is -0.365. The third kappa shape index (κ3) is 9.81. The van der Waals surface area contributed by atoms with Gasteiger partial charge in [0.15, 0.2) is 0 Å². The van der Waals surface area contributed by atoms with E-state index in [4.69, 9.17) is 32.7 Å². The van der Waals surface area contributed by atoms with Gasteiger partial charge in [0.25, 0.3) is 5.88 Å². The number of halogens is 2. The van der Waals surface area contributed by atoms with Crippen molar-refractivity contribution < 1.29 is 14.3 Å². The molecular formula is C44H42Cl2N6O3. The van der Waals surface area contributed by atoms with E-state index in [-0.39, 0.29) is 25.6 Å². The molecule has 0 fully saturated rings. The van der Waals surface area contributed by atoms with Gasteiger partial charge < -0.3 is 24.3 Å². The van der Waals surface area contributed by atoms with Gasteiger partial charge in [0.2, 0.25) is 0 Å². The van der Waals surface area contributed by atoms with Crippen LogP contribution in [0.15, 0.2) is 128 Å². The van der Waals surface area contributed by atoms with E-state index in [1.54, 1.807) is 36.8 Å². The maximum atomic E-state index is 13.0. The van der Waals surface area contributed by atoms with Crippen molar-refractivity contribution in [1.29, 1.82) is 0 Å². The number of carbonyl (C=O) groups is 1. The van der Waals surface area contributed by atoms with Crippen LogP contribution in [0.1, 0.15) is 33.5 Å². The van der Waals surface area contributed by atoms with Crippen molar-refractivity contribution in [2.45, 2.75) is 40.0 Å². The van der Waals surface area contributed by atoms with Gasteiger partial charge in [-0.05, 0) is 72.0 Å². The predicted molar refractivity (Wildman–Crippen MR) is 222 cm³/mol. The van der Waals surface area contributed by atoms with E-state index in [1.165, 1.54) is 11.3 Å². The number of ether oxygens (including phenoxy) is 2. The van der Waals surface area contributed by atoms with E-state index in [2.05, 4.69) is 51.0 Å². The topological polar surface area (TPSA) is 94.4 Å². The Labute approximate surface area is 331 Å². The third-order valence-electron chi connectivity index (χ3n) is 9.22. The number of fused-ring (bicyclic) bond motifs is 1. The van der Waals surface area contributed by atoms with Crippen molar-refractivity contribution in [2.24, 2.45) is 0 Å². The average Bonchev–Trinajstić information content (AvgIpc) is 3.44. The molecule has 0 saturated heterocycles. The molecule has 0 saturated carbocycles. The number of rotatable bonds is 12. The highest BCUT2D eigenvalue weighted by Crippen LogP contribution is 2.34. The number of aromatic nitrogens is 4. The van der Waals surface area contributed by atoms with Crippen LogP contribution in [0.2, 0.25) is 10.0 Å². The first-order chi connectivity index (χ1) is 26.7. The number of para-hydroxylation sites is 2. The first kappa shape index (κ1) is 38.8. The first-order valence-corrected chi connectivity index (χ1v) is 18.5.